The minimum Gasteiger partial charge on any atom is -0.122 e. The van der Waals surface area contributed by atoms with Crippen molar-refractivity contribution < 1.29 is 0 Å². The molecule has 0 unspecified atom stereocenters. The molecule has 0 aromatic heterocycles. The number of rotatable bonds is 4. The van der Waals surface area contributed by atoms with Gasteiger partial charge < -0.3 is 0 Å². The van der Waals surface area contributed by atoms with Gasteiger partial charge in [-0.1, -0.05) is 37.6 Å². The third-order valence-corrected chi connectivity index (χ3v) is 2.27. The van der Waals surface area contributed by atoms with Crippen LogP contribution in [0.25, 0.3) is 0 Å². The lowest BCUT2D eigenvalue weighted by atomic mass is 10.1. The highest BCUT2D eigenvalue weighted by Crippen LogP contribution is 2.10. The van der Waals surface area contributed by atoms with E-state index in [1.807, 2.05) is 0 Å². The molecule has 0 bridgehead atoms. The van der Waals surface area contributed by atoms with E-state index in [9.17, 15) is 0 Å². The topological polar surface area (TPSA) is 0 Å². The van der Waals surface area contributed by atoms with Crippen LogP contribution >= 0.6 is 11.6 Å². The summed E-state index contributed by atoms with van der Waals surface area (Å²) < 4.78 is 0. The summed E-state index contributed by atoms with van der Waals surface area (Å²) in [6.45, 7) is 2.21. The van der Waals surface area contributed by atoms with E-state index >= 15 is 0 Å². The molecule has 0 aliphatic rings. The smallest absolute Gasteiger partial charge is 0.0474 e. The van der Waals surface area contributed by atoms with E-state index in [-0.39, 0.29) is 0 Å². The van der Waals surface area contributed by atoms with Crippen molar-refractivity contribution in [1.82, 2.24) is 0 Å². The van der Waals surface area contributed by atoms with Crippen molar-refractivity contribution in [2.45, 2.75) is 32.1 Å². The van der Waals surface area contributed by atoms with Crippen molar-refractivity contribution in [2.24, 2.45) is 0 Å². The molecule has 0 aliphatic heterocycles. The zero-order chi connectivity index (χ0) is 8.81. The number of unbranched alkanes of at least 4 members (excludes halogenated alkanes) is 1. The third kappa shape index (κ3) is 2.86. The monoisotopic (exact) mass is 182 g/mol. The highest BCUT2D eigenvalue weighted by atomic mass is 35.5. The number of halogens is 1. The van der Waals surface area contributed by atoms with Gasteiger partial charge in [-0.3, -0.25) is 0 Å². The van der Waals surface area contributed by atoms with Gasteiger partial charge in [0, 0.05) is 5.88 Å². The fourth-order valence-corrected chi connectivity index (χ4v) is 1.42. The van der Waals surface area contributed by atoms with Gasteiger partial charge in [0.2, 0.25) is 0 Å². The number of hydrogen-bond acceptors (Lipinski definition) is 0. The summed E-state index contributed by atoms with van der Waals surface area (Å²) in [4.78, 5) is 0. The zero-order valence-electron chi connectivity index (χ0n) is 7.52. The van der Waals surface area contributed by atoms with Crippen LogP contribution in [0.15, 0.2) is 24.3 Å². The Morgan fingerprint density at radius 1 is 1.25 bits per heavy atom. The van der Waals surface area contributed by atoms with E-state index < -0.39 is 0 Å². The van der Waals surface area contributed by atoms with Gasteiger partial charge in [-0.05, 0) is 24.0 Å². The quantitative estimate of drug-likeness (QED) is 0.622. The Bertz CT molecular complexity index is 230. The molecular weight excluding hydrogens is 168 g/mol. The molecule has 1 heteroatoms. The van der Waals surface area contributed by atoms with Crippen LogP contribution < -0.4 is 0 Å². The van der Waals surface area contributed by atoms with Gasteiger partial charge in [0.1, 0.15) is 0 Å². The molecule has 0 heterocycles. The Kier molecular flexibility index (Phi) is 4.16. The molecule has 0 radical (unpaired) electrons. The number of hydrogen-bond donors (Lipinski definition) is 0. The van der Waals surface area contributed by atoms with Crippen molar-refractivity contribution in [3.8, 4) is 0 Å². The first-order chi connectivity index (χ1) is 5.86. The summed E-state index contributed by atoms with van der Waals surface area (Å²) in [7, 11) is 0. The summed E-state index contributed by atoms with van der Waals surface area (Å²) in [5, 5.41) is 0. The lowest BCUT2D eigenvalue weighted by Gasteiger charge is -2.01. The van der Waals surface area contributed by atoms with E-state index in [1.165, 1.54) is 30.4 Å². The molecule has 0 fully saturated rings. The second kappa shape index (κ2) is 5.21. The van der Waals surface area contributed by atoms with E-state index in [0.29, 0.717) is 5.88 Å². The van der Waals surface area contributed by atoms with Crippen molar-refractivity contribution in [3.63, 3.8) is 0 Å². The maximum absolute atomic E-state index is 5.73. The molecule has 0 atom stereocenters. The average Bonchev–Trinajstić information content (AvgIpc) is 2.15. The lowest BCUT2D eigenvalue weighted by molar-refractivity contribution is 0.794. The highest BCUT2D eigenvalue weighted by Gasteiger charge is 1.93. The van der Waals surface area contributed by atoms with Crippen LogP contribution in [0.1, 0.15) is 30.9 Å². The first-order valence-corrected chi connectivity index (χ1v) is 5.04. The van der Waals surface area contributed by atoms with Crippen LogP contribution in [-0.4, -0.2) is 0 Å². The van der Waals surface area contributed by atoms with Crippen molar-refractivity contribution in [1.29, 1.82) is 0 Å². The van der Waals surface area contributed by atoms with Crippen molar-refractivity contribution >= 4 is 11.6 Å². The van der Waals surface area contributed by atoms with Crippen LogP contribution in [-0.2, 0) is 12.3 Å². The first kappa shape index (κ1) is 9.60. The van der Waals surface area contributed by atoms with Gasteiger partial charge in [-0.25, -0.2) is 0 Å². The molecule has 12 heavy (non-hydrogen) atoms. The molecular formula is C11H15Cl. The minimum absolute atomic E-state index is 0.625. The normalized spacial score (nSPS) is 10.2. The van der Waals surface area contributed by atoms with Gasteiger partial charge in [-0.2, -0.15) is 0 Å². The molecule has 0 amide bonds. The Balaban J connectivity index is 2.60. The van der Waals surface area contributed by atoms with E-state index in [4.69, 9.17) is 11.6 Å². The lowest BCUT2D eigenvalue weighted by Crippen LogP contribution is -1.86. The van der Waals surface area contributed by atoms with Gasteiger partial charge in [-0.15, -0.1) is 11.6 Å². The molecule has 1 rings (SSSR count). The molecule has 0 saturated carbocycles. The molecule has 0 saturated heterocycles. The highest BCUT2D eigenvalue weighted by molar-refractivity contribution is 6.17. The molecule has 0 spiro atoms. The predicted octanol–water partition coefficient (Wildman–Crippen LogP) is 3.77. The minimum atomic E-state index is 0.625. The molecule has 1 aromatic rings. The summed E-state index contributed by atoms with van der Waals surface area (Å²) in [5.74, 6) is 0.625. The molecule has 1 aromatic carbocycles. The van der Waals surface area contributed by atoms with Gasteiger partial charge in [0.05, 0.1) is 0 Å². The number of alkyl halides is 1. The average molecular weight is 183 g/mol. The van der Waals surface area contributed by atoms with Crippen molar-refractivity contribution in [3.05, 3.63) is 35.4 Å². The fourth-order valence-electron chi connectivity index (χ4n) is 1.25. The van der Waals surface area contributed by atoms with E-state index in [2.05, 4.69) is 31.2 Å². The zero-order valence-corrected chi connectivity index (χ0v) is 8.27. The van der Waals surface area contributed by atoms with Crippen LogP contribution in [0, 0.1) is 0 Å². The van der Waals surface area contributed by atoms with Gasteiger partial charge in [0.15, 0.2) is 0 Å². The van der Waals surface area contributed by atoms with Gasteiger partial charge >= 0.3 is 0 Å². The number of benzene rings is 1. The number of aryl methyl sites for hydroxylation is 1. The summed E-state index contributed by atoms with van der Waals surface area (Å²) in [6.07, 6.45) is 3.71. The van der Waals surface area contributed by atoms with E-state index in [0.717, 1.165) is 0 Å². The third-order valence-electron chi connectivity index (χ3n) is 1.96. The van der Waals surface area contributed by atoms with Crippen LogP contribution in [0.2, 0.25) is 0 Å². The molecule has 0 N–H and O–H groups in total. The second-order valence-electron chi connectivity index (χ2n) is 3.06. The largest absolute Gasteiger partial charge is 0.122 e. The van der Waals surface area contributed by atoms with Crippen LogP contribution in [0.5, 0.6) is 0 Å². The molecule has 0 nitrogen and oxygen atoms in total. The van der Waals surface area contributed by atoms with Crippen LogP contribution in [0.4, 0.5) is 0 Å². The van der Waals surface area contributed by atoms with E-state index in [1.54, 1.807) is 0 Å². The van der Waals surface area contributed by atoms with Crippen molar-refractivity contribution in [2.75, 3.05) is 0 Å². The fraction of sp³-hybridized carbons (Fsp3) is 0.455. The Labute approximate surface area is 79.6 Å². The van der Waals surface area contributed by atoms with Crippen LogP contribution in [0.3, 0.4) is 0 Å². The molecule has 66 valence electrons. The summed E-state index contributed by atoms with van der Waals surface area (Å²) >= 11 is 5.73. The Morgan fingerprint density at radius 3 is 2.67 bits per heavy atom. The van der Waals surface area contributed by atoms with Gasteiger partial charge in [0.25, 0.3) is 0 Å². The SMILES string of the molecule is CCCCc1cccc(CCl)c1. The summed E-state index contributed by atoms with van der Waals surface area (Å²) in [6, 6.07) is 8.53. The standard InChI is InChI=1S/C11H15Cl/c1-2-3-5-10-6-4-7-11(8-10)9-12/h4,6-8H,2-3,5,9H2,1H3. The first-order valence-electron chi connectivity index (χ1n) is 4.50. The molecule has 0 aliphatic carbocycles. The Hall–Kier alpha value is -0.490. The maximum atomic E-state index is 5.73. The maximum Gasteiger partial charge on any atom is 0.0474 e. The summed E-state index contributed by atoms with van der Waals surface area (Å²) in [5.41, 5.74) is 2.64. The Morgan fingerprint density at radius 2 is 2.00 bits per heavy atom. The predicted molar refractivity (Wildman–Crippen MR) is 54.6 cm³/mol. The second-order valence-corrected chi connectivity index (χ2v) is 3.32.